The van der Waals surface area contributed by atoms with Crippen LogP contribution in [0.25, 0.3) is 11.2 Å². The van der Waals surface area contributed by atoms with Gasteiger partial charge < -0.3 is 20.5 Å². The standard InChI is InChI=1S/C11H14FN5O2/c12-11-15-9(13)8-10(16-11)17(4-14-8)7-1-5(2-18)6(7)3-19/h4-7,18-19H,1-3H2,(H2,13,15,16)/t5-,6-,7-/m1/s1. The van der Waals surface area contributed by atoms with E-state index in [1.807, 2.05) is 0 Å². The van der Waals surface area contributed by atoms with Crippen LogP contribution in [0.15, 0.2) is 6.33 Å². The van der Waals surface area contributed by atoms with Crippen LogP contribution in [0.5, 0.6) is 0 Å². The van der Waals surface area contributed by atoms with E-state index in [1.54, 1.807) is 4.57 Å². The molecule has 1 fully saturated rings. The minimum absolute atomic E-state index is 0.000157. The Morgan fingerprint density at radius 3 is 2.84 bits per heavy atom. The number of aliphatic hydroxyl groups excluding tert-OH is 2. The summed E-state index contributed by atoms with van der Waals surface area (Å²) in [6.45, 7) is -0.0154. The topological polar surface area (TPSA) is 110 Å². The zero-order valence-electron chi connectivity index (χ0n) is 10.1. The molecule has 8 heteroatoms. The molecule has 0 radical (unpaired) electrons. The number of halogens is 1. The van der Waals surface area contributed by atoms with Gasteiger partial charge in [0.15, 0.2) is 11.5 Å². The zero-order valence-corrected chi connectivity index (χ0v) is 10.1. The van der Waals surface area contributed by atoms with Gasteiger partial charge in [-0.3, -0.25) is 0 Å². The van der Waals surface area contributed by atoms with E-state index in [0.717, 1.165) is 0 Å². The summed E-state index contributed by atoms with van der Waals surface area (Å²) < 4.78 is 14.9. The average molecular weight is 267 g/mol. The third kappa shape index (κ3) is 1.75. The fraction of sp³-hybridized carbons (Fsp3) is 0.545. The Morgan fingerprint density at radius 1 is 1.37 bits per heavy atom. The molecule has 2 aromatic heterocycles. The maximum absolute atomic E-state index is 13.2. The maximum Gasteiger partial charge on any atom is 0.312 e. The molecule has 3 rings (SSSR count). The number of hydrogen-bond donors (Lipinski definition) is 3. The van der Waals surface area contributed by atoms with Crippen molar-refractivity contribution in [3.05, 3.63) is 12.4 Å². The highest BCUT2D eigenvalue weighted by atomic mass is 19.1. The molecule has 4 N–H and O–H groups in total. The summed E-state index contributed by atoms with van der Waals surface area (Å²) in [7, 11) is 0. The van der Waals surface area contributed by atoms with E-state index in [2.05, 4.69) is 15.0 Å². The summed E-state index contributed by atoms with van der Waals surface area (Å²) in [5.74, 6) is -0.0297. The first-order chi connectivity index (χ1) is 9.15. The van der Waals surface area contributed by atoms with Gasteiger partial charge in [-0.25, -0.2) is 4.98 Å². The maximum atomic E-state index is 13.2. The SMILES string of the molecule is Nc1nc(F)nc2c1ncn2[C@@H]1C[C@H](CO)[C@H]1CO. The lowest BCUT2D eigenvalue weighted by Crippen LogP contribution is -2.42. The summed E-state index contributed by atoms with van der Waals surface area (Å²) in [5.41, 5.74) is 6.27. The molecule has 0 aromatic carbocycles. The lowest BCUT2D eigenvalue weighted by Gasteiger charge is -2.43. The molecule has 1 saturated carbocycles. The van der Waals surface area contributed by atoms with Crippen LogP contribution in [-0.4, -0.2) is 42.9 Å². The van der Waals surface area contributed by atoms with Crippen LogP contribution in [-0.2, 0) is 0 Å². The van der Waals surface area contributed by atoms with Gasteiger partial charge in [-0.05, 0) is 12.3 Å². The van der Waals surface area contributed by atoms with Crippen LogP contribution >= 0.6 is 0 Å². The van der Waals surface area contributed by atoms with Crippen molar-refractivity contribution in [1.82, 2.24) is 19.5 Å². The van der Waals surface area contributed by atoms with E-state index in [1.165, 1.54) is 6.33 Å². The molecule has 2 aromatic rings. The molecule has 0 spiro atoms. The summed E-state index contributed by atoms with van der Waals surface area (Å²) in [6, 6.07) is -0.0548. The van der Waals surface area contributed by atoms with Gasteiger partial charge in [-0.15, -0.1) is 0 Å². The third-order valence-electron chi connectivity index (χ3n) is 3.87. The van der Waals surface area contributed by atoms with Gasteiger partial charge in [0.05, 0.1) is 6.33 Å². The normalized spacial score (nSPS) is 26.6. The fourth-order valence-corrected chi connectivity index (χ4v) is 2.73. The number of rotatable bonds is 3. The number of hydrogen-bond acceptors (Lipinski definition) is 6. The van der Waals surface area contributed by atoms with Crippen LogP contribution < -0.4 is 5.73 Å². The van der Waals surface area contributed by atoms with E-state index in [9.17, 15) is 9.50 Å². The van der Waals surface area contributed by atoms with Crippen molar-refractivity contribution >= 4 is 17.0 Å². The number of nitrogens with zero attached hydrogens (tertiary/aromatic N) is 4. The van der Waals surface area contributed by atoms with Gasteiger partial charge in [-0.1, -0.05) is 0 Å². The van der Waals surface area contributed by atoms with E-state index >= 15 is 0 Å². The number of anilines is 1. The molecule has 7 nitrogen and oxygen atoms in total. The van der Waals surface area contributed by atoms with Crippen molar-refractivity contribution in [1.29, 1.82) is 0 Å². The van der Waals surface area contributed by atoms with Crippen molar-refractivity contribution < 1.29 is 14.6 Å². The highest BCUT2D eigenvalue weighted by Gasteiger charge is 2.42. The first-order valence-electron chi connectivity index (χ1n) is 6.03. The van der Waals surface area contributed by atoms with Gasteiger partial charge in [0, 0.05) is 25.2 Å². The van der Waals surface area contributed by atoms with Crippen molar-refractivity contribution in [3.8, 4) is 0 Å². The second kappa shape index (κ2) is 4.39. The Hall–Kier alpha value is -1.80. The monoisotopic (exact) mass is 267 g/mol. The Bertz CT molecular complexity index is 616. The van der Waals surface area contributed by atoms with Gasteiger partial charge in [-0.2, -0.15) is 14.4 Å². The highest BCUT2D eigenvalue weighted by molar-refractivity contribution is 5.81. The second-order valence-electron chi connectivity index (χ2n) is 4.79. The van der Waals surface area contributed by atoms with Crippen molar-refractivity contribution in [2.24, 2.45) is 11.8 Å². The molecular formula is C11H14FN5O2. The summed E-state index contributed by atoms with van der Waals surface area (Å²) in [6.07, 6.45) is 1.32. The van der Waals surface area contributed by atoms with E-state index < -0.39 is 6.08 Å². The Morgan fingerprint density at radius 2 is 2.16 bits per heavy atom. The predicted octanol–water partition coefficient (Wildman–Crippen LogP) is -0.291. The van der Waals surface area contributed by atoms with E-state index in [-0.39, 0.29) is 36.9 Å². The largest absolute Gasteiger partial charge is 0.396 e. The first-order valence-corrected chi connectivity index (χ1v) is 6.03. The highest BCUT2D eigenvalue weighted by Crippen LogP contribution is 2.44. The van der Waals surface area contributed by atoms with Gasteiger partial charge >= 0.3 is 6.08 Å². The second-order valence-corrected chi connectivity index (χ2v) is 4.79. The molecule has 0 amide bonds. The molecule has 0 aliphatic heterocycles. The third-order valence-corrected chi connectivity index (χ3v) is 3.87. The Kier molecular flexibility index (Phi) is 2.83. The lowest BCUT2D eigenvalue weighted by molar-refractivity contribution is -0.00532. The average Bonchev–Trinajstić information content (AvgIpc) is 2.73. The quantitative estimate of drug-likeness (QED) is 0.659. The smallest absolute Gasteiger partial charge is 0.312 e. The summed E-state index contributed by atoms with van der Waals surface area (Å²) in [5, 5.41) is 18.5. The summed E-state index contributed by atoms with van der Waals surface area (Å²) >= 11 is 0. The van der Waals surface area contributed by atoms with E-state index in [4.69, 9.17) is 10.8 Å². The molecule has 1 aliphatic rings. The number of aromatic nitrogens is 4. The molecule has 0 saturated heterocycles. The number of nitrogens with two attached hydrogens (primary N) is 1. The molecule has 102 valence electrons. The zero-order chi connectivity index (χ0) is 13.6. The number of imidazole rings is 1. The fourth-order valence-electron chi connectivity index (χ4n) is 2.73. The van der Waals surface area contributed by atoms with Crippen molar-refractivity contribution in [2.45, 2.75) is 12.5 Å². The predicted molar refractivity (Wildman–Crippen MR) is 64.5 cm³/mol. The van der Waals surface area contributed by atoms with Crippen LogP contribution in [0.3, 0.4) is 0 Å². The van der Waals surface area contributed by atoms with Gasteiger partial charge in [0.2, 0.25) is 0 Å². The molecule has 19 heavy (non-hydrogen) atoms. The lowest BCUT2D eigenvalue weighted by atomic mass is 9.70. The summed E-state index contributed by atoms with van der Waals surface area (Å²) in [4.78, 5) is 11.2. The molecule has 3 atom stereocenters. The van der Waals surface area contributed by atoms with Crippen LogP contribution in [0.1, 0.15) is 12.5 Å². The Labute approximate surface area is 107 Å². The van der Waals surface area contributed by atoms with E-state index in [0.29, 0.717) is 17.6 Å². The number of fused-ring (bicyclic) bond motifs is 1. The number of aliphatic hydroxyl groups is 2. The molecule has 0 unspecified atom stereocenters. The van der Waals surface area contributed by atoms with Crippen LogP contribution in [0.4, 0.5) is 10.2 Å². The number of nitrogen functional groups attached to an aromatic ring is 1. The minimum Gasteiger partial charge on any atom is -0.396 e. The molecule has 0 bridgehead atoms. The minimum atomic E-state index is -0.898. The van der Waals surface area contributed by atoms with Gasteiger partial charge in [0.25, 0.3) is 0 Å². The first kappa shape index (κ1) is 12.2. The Balaban J connectivity index is 2.02. The van der Waals surface area contributed by atoms with Gasteiger partial charge in [0.1, 0.15) is 5.52 Å². The molecule has 1 aliphatic carbocycles. The van der Waals surface area contributed by atoms with Crippen molar-refractivity contribution in [3.63, 3.8) is 0 Å². The van der Waals surface area contributed by atoms with Crippen molar-refractivity contribution in [2.75, 3.05) is 18.9 Å². The van der Waals surface area contributed by atoms with Crippen LogP contribution in [0.2, 0.25) is 0 Å². The molecular weight excluding hydrogens is 253 g/mol. The molecule has 2 heterocycles. The van der Waals surface area contributed by atoms with Crippen LogP contribution in [0, 0.1) is 17.9 Å².